The summed E-state index contributed by atoms with van der Waals surface area (Å²) in [6, 6.07) is 5.15. The molecule has 1 aromatic rings. The van der Waals surface area contributed by atoms with Crippen molar-refractivity contribution in [1.82, 2.24) is 0 Å². The lowest BCUT2D eigenvalue weighted by Crippen LogP contribution is -2.24. The number of fused-ring (bicyclic) bond motifs is 1. The molecule has 6 nitrogen and oxygen atoms in total. The fraction of sp³-hybridized carbons (Fsp3) is 0.417. The van der Waals surface area contributed by atoms with Gasteiger partial charge in [-0.15, -0.1) is 0 Å². The zero-order chi connectivity index (χ0) is 14.2. The van der Waals surface area contributed by atoms with E-state index in [0.29, 0.717) is 17.8 Å². The summed E-state index contributed by atoms with van der Waals surface area (Å²) in [6.07, 6.45) is 0.0745. The Morgan fingerprint density at radius 1 is 1.42 bits per heavy atom. The monoisotopic (exact) mass is 284 g/mol. The maximum absolute atomic E-state index is 11.3. The van der Waals surface area contributed by atoms with Crippen molar-refractivity contribution in [2.75, 3.05) is 35.8 Å². The van der Waals surface area contributed by atoms with Crippen molar-refractivity contribution < 1.29 is 18.3 Å². The van der Waals surface area contributed by atoms with E-state index < -0.39 is 21.8 Å². The molecule has 7 heteroatoms. The first kappa shape index (κ1) is 13.8. The minimum absolute atomic E-state index is 0.0650. The van der Waals surface area contributed by atoms with Gasteiger partial charge >= 0.3 is 0 Å². The van der Waals surface area contributed by atoms with E-state index in [0.717, 1.165) is 5.69 Å². The standard InChI is InChI=1S/C12H16N2O4S/c1-14(5-6-19(2,17)18)8-3-4-9-10(7-8)13-12(16)11(9)15/h3-4,7,11,15H,5-6H2,1-2H3,(H,13,16). The van der Waals surface area contributed by atoms with Gasteiger partial charge in [0.1, 0.15) is 9.84 Å². The van der Waals surface area contributed by atoms with Gasteiger partial charge in [-0.3, -0.25) is 4.79 Å². The molecular formula is C12H16N2O4S. The highest BCUT2D eigenvalue weighted by atomic mass is 32.2. The Morgan fingerprint density at radius 2 is 2.11 bits per heavy atom. The van der Waals surface area contributed by atoms with Crippen molar-refractivity contribution in [1.29, 1.82) is 0 Å². The third-order valence-corrected chi connectivity index (χ3v) is 4.00. The Morgan fingerprint density at radius 3 is 2.74 bits per heavy atom. The SMILES string of the molecule is CN(CCS(C)(=O)=O)c1ccc2c(c1)NC(=O)C2O. The largest absolute Gasteiger partial charge is 0.378 e. The van der Waals surface area contributed by atoms with Crippen LogP contribution in [0.1, 0.15) is 11.7 Å². The van der Waals surface area contributed by atoms with E-state index >= 15 is 0 Å². The number of carbonyl (C=O) groups excluding carboxylic acids is 1. The van der Waals surface area contributed by atoms with Gasteiger partial charge in [-0.1, -0.05) is 6.07 Å². The van der Waals surface area contributed by atoms with Gasteiger partial charge in [-0.05, 0) is 12.1 Å². The van der Waals surface area contributed by atoms with Crippen LogP contribution in [0, 0.1) is 0 Å². The lowest BCUT2D eigenvalue weighted by atomic mass is 10.1. The normalized spacial score (nSPS) is 18.1. The van der Waals surface area contributed by atoms with Crippen LogP contribution in [0.15, 0.2) is 18.2 Å². The summed E-state index contributed by atoms with van der Waals surface area (Å²) < 4.78 is 22.2. The summed E-state index contributed by atoms with van der Waals surface area (Å²) in [4.78, 5) is 13.1. The fourth-order valence-electron chi connectivity index (χ4n) is 1.90. The number of aliphatic hydroxyl groups is 1. The molecule has 0 aliphatic carbocycles. The number of amides is 1. The first-order valence-electron chi connectivity index (χ1n) is 5.80. The molecule has 1 aromatic carbocycles. The molecule has 1 heterocycles. The number of anilines is 2. The first-order chi connectivity index (χ1) is 8.78. The van der Waals surface area contributed by atoms with Crippen molar-refractivity contribution >= 4 is 27.1 Å². The summed E-state index contributed by atoms with van der Waals surface area (Å²) >= 11 is 0. The van der Waals surface area contributed by atoms with Crippen LogP contribution in [-0.4, -0.2) is 45.0 Å². The smallest absolute Gasteiger partial charge is 0.257 e. The number of carbonyl (C=O) groups is 1. The molecule has 0 spiro atoms. The molecule has 0 bridgehead atoms. The molecule has 0 saturated heterocycles. The fourth-order valence-corrected chi connectivity index (χ4v) is 2.51. The third kappa shape index (κ3) is 3.05. The Kier molecular flexibility index (Phi) is 3.51. The number of nitrogens with zero attached hydrogens (tertiary/aromatic N) is 1. The number of nitrogens with one attached hydrogen (secondary N) is 1. The molecule has 2 N–H and O–H groups in total. The predicted octanol–water partition coefficient (Wildman–Crippen LogP) is 0.153. The highest BCUT2D eigenvalue weighted by Crippen LogP contribution is 2.33. The molecule has 1 unspecified atom stereocenters. The summed E-state index contributed by atoms with van der Waals surface area (Å²) in [7, 11) is -1.23. The number of aliphatic hydroxyl groups excluding tert-OH is 1. The Bertz CT molecular complexity index is 612. The molecule has 19 heavy (non-hydrogen) atoms. The quantitative estimate of drug-likeness (QED) is 0.822. The summed E-state index contributed by atoms with van der Waals surface area (Å²) in [5, 5.41) is 12.2. The molecule has 1 aliphatic heterocycles. The summed E-state index contributed by atoms with van der Waals surface area (Å²) in [5.41, 5.74) is 1.91. The Hall–Kier alpha value is -1.60. The lowest BCUT2D eigenvalue weighted by molar-refractivity contribution is -0.123. The number of rotatable bonds is 4. The lowest BCUT2D eigenvalue weighted by Gasteiger charge is -2.19. The summed E-state index contributed by atoms with van der Waals surface area (Å²) in [5.74, 6) is -0.374. The van der Waals surface area contributed by atoms with Gasteiger partial charge in [0.15, 0.2) is 6.10 Å². The molecule has 1 atom stereocenters. The van der Waals surface area contributed by atoms with Crippen molar-refractivity contribution in [3.05, 3.63) is 23.8 Å². The molecule has 1 aliphatic rings. The zero-order valence-electron chi connectivity index (χ0n) is 10.8. The third-order valence-electron chi connectivity index (χ3n) is 3.08. The summed E-state index contributed by atoms with van der Waals surface area (Å²) in [6.45, 7) is 0.369. The van der Waals surface area contributed by atoms with E-state index in [1.807, 2.05) is 0 Å². The van der Waals surface area contributed by atoms with Crippen LogP contribution in [0.4, 0.5) is 11.4 Å². The number of hydrogen-bond donors (Lipinski definition) is 2. The second-order valence-corrected chi connectivity index (χ2v) is 6.97. The van der Waals surface area contributed by atoms with E-state index in [-0.39, 0.29) is 5.75 Å². The van der Waals surface area contributed by atoms with Crippen LogP contribution in [-0.2, 0) is 14.6 Å². The van der Waals surface area contributed by atoms with E-state index in [9.17, 15) is 18.3 Å². The van der Waals surface area contributed by atoms with Crippen molar-refractivity contribution in [2.24, 2.45) is 0 Å². The van der Waals surface area contributed by atoms with Gasteiger partial charge in [-0.25, -0.2) is 8.42 Å². The second-order valence-electron chi connectivity index (χ2n) is 4.71. The maximum Gasteiger partial charge on any atom is 0.257 e. The topological polar surface area (TPSA) is 86.7 Å². The molecule has 104 valence electrons. The highest BCUT2D eigenvalue weighted by Gasteiger charge is 2.28. The number of benzene rings is 1. The van der Waals surface area contributed by atoms with Crippen molar-refractivity contribution in [2.45, 2.75) is 6.10 Å². The van der Waals surface area contributed by atoms with Crippen molar-refractivity contribution in [3.63, 3.8) is 0 Å². The molecule has 0 radical (unpaired) electrons. The van der Waals surface area contributed by atoms with Gasteiger partial charge in [0, 0.05) is 36.8 Å². The van der Waals surface area contributed by atoms with Crippen molar-refractivity contribution in [3.8, 4) is 0 Å². The van der Waals surface area contributed by atoms with E-state index in [2.05, 4.69) is 5.32 Å². The van der Waals surface area contributed by atoms with Crippen LogP contribution < -0.4 is 10.2 Å². The van der Waals surface area contributed by atoms with Gasteiger partial charge in [0.2, 0.25) is 0 Å². The van der Waals surface area contributed by atoms with Crippen LogP contribution in [0.25, 0.3) is 0 Å². The minimum atomic E-state index is -3.01. The Labute approximate surface area is 112 Å². The van der Waals surface area contributed by atoms with Gasteiger partial charge in [-0.2, -0.15) is 0 Å². The van der Waals surface area contributed by atoms with E-state index in [1.165, 1.54) is 6.26 Å². The predicted molar refractivity (Wildman–Crippen MR) is 73.0 cm³/mol. The molecule has 2 rings (SSSR count). The van der Waals surface area contributed by atoms with Gasteiger partial charge in [0.05, 0.1) is 5.75 Å². The molecule has 0 fully saturated rings. The van der Waals surface area contributed by atoms with Crippen LogP contribution in [0.3, 0.4) is 0 Å². The highest BCUT2D eigenvalue weighted by molar-refractivity contribution is 7.90. The second kappa shape index (κ2) is 4.82. The van der Waals surface area contributed by atoms with E-state index in [4.69, 9.17) is 0 Å². The Balaban J connectivity index is 2.15. The average molecular weight is 284 g/mol. The van der Waals surface area contributed by atoms with Gasteiger partial charge in [0.25, 0.3) is 5.91 Å². The van der Waals surface area contributed by atoms with Crippen LogP contribution in [0.5, 0.6) is 0 Å². The zero-order valence-corrected chi connectivity index (χ0v) is 11.6. The number of sulfone groups is 1. The molecular weight excluding hydrogens is 268 g/mol. The van der Waals surface area contributed by atoms with Crippen LogP contribution in [0.2, 0.25) is 0 Å². The average Bonchev–Trinajstić information content (AvgIpc) is 2.61. The molecule has 0 saturated carbocycles. The maximum atomic E-state index is 11.3. The van der Waals surface area contributed by atoms with E-state index in [1.54, 1.807) is 30.1 Å². The minimum Gasteiger partial charge on any atom is -0.378 e. The molecule has 0 aromatic heterocycles. The molecule has 1 amide bonds. The van der Waals surface area contributed by atoms with Crippen LogP contribution >= 0.6 is 0 Å². The first-order valence-corrected chi connectivity index (χ1v) is 7.86. The number of hydrogen-bond acceptors (Lipinski definition) is 5. The van der Waals surface area contributed by atoms with Gasteiger partial charge < -0.3 is 15.3 Å².